The topological polar surface area (TPSA) is 128 Å². The number of hydrogen-bond acceptors (Lipinski definition) is 5. The van der Waals surface area contributed by atoms with E-state index in [2.05, 4.69) is 27.5 Å². The minimum absolute atomic E-state index is 0.0843. The van der Waals surface area contributed by atoms with Gasteiger partial charge in [-0.25, -0.2) is 9.78 Å². The van der Waals surface area contributed by atoms with Crippen molar-refractivity contribution in [2.24, 2.45) is 5.92 Å². The summed E-state index contributed by atoms with van der Waals surface area (Å²) >= 11 is 0. The molecule has 4 amide bonds. The molecule has 5 heterocycles. The van der Waals surface area contributed by atoms with Crippen molar-refractivity contribution < 1.29 is 14.4 Å². The monoisotopic (exact) mass is 452 g/mol. The van der Waals surface area contributed by atoms with Gasteiger partial charge in [0.1, 0.15) is 5.65 Å². The molecule has 0 unspecified atom stereocenters. The Morgan fingerprint density at radius 3 is 2.64 bits per heavy atom. The van der Waals surface area contributed by atoms with Crippen molar-refractivity contribution in [2.45, 2.75) is 32.2 Å². The Bertz CT molecular complexity index is 1230. The zero-order valence-electron chi connectivity index (χ0n) is 18.8. The number of aromatic amines is 1. The molecule has 3 N–H and O–H groups in total. The van der Waals surface area contributed by atoms with Crippen LogP contribution in [0.25, 0.3) is 21.9 Å². The zero-order chi connectivity index (χ0) is 23.1. The van der Waals surface area contributed by atoms with Crippen molar-refractivity contribution in [3.8, 4) is 0 Å². The van der Waals surface area contributed by atoms with Gasteiger partial charge in [-0.2, -0.15) is 5.10 Å². The highest BCUT2D eigenvalue weighted by Gasteiger charge is 2.35. The number of urea groups is 1. The Labute approximate surface area is 190 Å². The Morgan fingerprint density at radius 2 is 1.88 bits per heavy atom. The van der Waals surface area contributed by atoms with Crippen molar-refractivity contribution in [2.75, 3.05) is 38.5 Å². The van der Waals surface area contributed by atoms with Crippen LogP contribution in [0.15, 0.2) is 18.5 Å². The number of likely N-dealkylation sites (tertiary alicyclic amines) is 2. The molecular formula is C22H28N8O3. The third-order valence-electron chi connectivity index (χ3n) is 6.80. The average molecular weight is 453 g/mol. The van der Waals surface area contributed by atoms with E-state index in [9.17, 15) is 14.4 Å². The summed E-state index contributed by atoms with van der Waals surface area (Å²) in [5, 5.41) is 11.2. The van der Waals surface area contributed by atoms with Gasteiger partial charge in [0.25, 0.3) is 0 Å². The summed E-state index contributed by atoms with van der Waals surface area (Å²) in [5.74, 6) is -0.993. The summed E-state index contributed by atoms with van der Waals surface area (Å²) in [4.78, 5) is 48.6. The van der Waals surface area contributed by atoms with E-state index in [1.807, 2.05) is 26.7 Å². The van der Waals surface area contributed by atoms with Crippen molar-refractivity contribution >= 4 is 45.6 Å². The van der Waals surface area contributed by atoms with E-state index in [0.717, 1.165) is 43.3 Å². The van der Waals surface area contributed by atoms with Gasteiger partial charge in [0, 0.05) is 51.0 Å². The van der Waals surface area contributed by atoms with E-state index in [4.69, 9.17) is 5.10 Å². The molecule has 0 aliphatic carbocycles. The summed E-state index contributed by atoms with van der Waals surface area (Å²) in [6, 6.07) is 1.93. The van der Waals surface area contributed by atoms with E-state index in [1.54, 1.807) is 6.20 Å². The predicted molar refractivity (Wildman–Crippen MR) is 123 cm³/mol. The van der Waals surface area contributed by atoms with Gasteiger partial charge < -0.3 is 25.4 Å². The lowest BCUT2D eigenvalue weighted by molar-refractivity contribution is -0.135. The first-order valence-electron chi connectivity index (χ1n) is 11.4. The molecule has 5 rings (SSSR count). The van der Waals surface area contributed by atoms with Gasteiger partial charge in [-0.15, -0.1) is 0 Å². The molecule has 2 aliphatic rings. The Morgan fingerprint density at radius 1 is 1.09 bits per heavy atom. The standard InChI is InChI=1S/C22H28N8O3/c1-13-6-10-29(22(33)28-8-3-4-9-28)12-16(13)30-17-14-5-7-24-18(14)25-11-15(17)19(27-30)26-21(32)20(31)23-2/h5,7,11,13,16H,3-4,6,8-10,12H2,1-2H3,(H,23,31)(H,24,25)(H,26,27,32)/t13-,16+/m0/s1. The molecule has 2 fully saturated rings. The van der Waals surface area contributed by atoms with E-state index in [0.29, 0.717) is 24.1 Å². The third kappa shape index (κ3) is 3.66. The summed E-state index contributed by atoms with van der Waals surface area (Å²) in [5.41, 5.74) is 1.53. The lowest BCUT2D eigenvalue weighted by Gasteiger charge is -2.39. The summed E-state index contributed by atoms with van der Waals surface area (Å²) in [7, 11) is 1.40. The summed E-state index contributed by atoms with van der Waals surface area (Å²) in [6.45, 7) is 5.03. The quantitative estimate of drug-likeness (QED) is 0.510. The van der Waals surface area contributed by atoms with E-state index < -0.39 is 11.8 Å². The molecule has 0 radical (unpaired) electrons. The van der Waals surface area contributed by atoms with Crippen LogP contribution in [-0.2, 0) is 9.59 Å². The highest BCUT2D eigenvalue weighted by Crippen LogP contribution is 2.36. The number of anilines is 1. The number of fused-ring (bicyclic) bond motifs is 3. The molecule has 2 atom stereocenters. The van der Waals surface area contributed by atoms with Crippen molar-refractivity contribution in [3.05, 3.63) is 18.5 Å². The van der Waals surface area contributed by atoms with E-state index >= 15 is 0 Å². The minimum Gasteiger partial charge on any atom is -0.351 e. The third-order valence-corrected chi connectivity index (χ3v) is 6.80. The Hall–Kier alpha value is -3.63. The predicted octanol–water partition coefficient (Wildman–Crippen LogP) is 1.70. The smallest absolute Gasteiger partial charge is 0.320 e. The lowest BCUT2D eigenvalue weighted by atomic mass is 9.93. The van der Waals surface area contributed by atoms with E-state index in [-0.39, 0.29) is 23.8 Å². The maximum Gasteiger partial charge on any atom is 0.320 e. The molecule has 33 heavy (non-hydrogen) atoms. The number of nitrogens with zero attached hydrogens (tertiary/aromatic N) is 5. The second kappa shape index (κ2) is 8.38. The summed E-state index contributed by atoms with van der Waals surface area (Å²) < 4.78 is 1.90. The van der Waals surface area contributed by atoms with Crippen LogP contribution < -0.4 is 10.6 Å². The van der Waals surface area contributed by atoms with Gasteiger partial charge in [-0.3, -0.25) is 14.3 Å². The number of carbonyl (C=O) groups is 3. The normalized spacial score (nSPS) is 21.0. The largest absolute Gasteiger partial charge is 0.351 e. The molecule has 11 nitrogen and oxygen atoms in total. The molecule has 11 heteroatoms. The molecule has 174 valence electrons. The van der Waals surface area contributed by atoms with Crippen LogP contribution in [0.5, 0.6) is 0 Å². The zero-order valence-corrected chi connectivity index (χ0v) is 18.8. The number of H-pyrrole nitrogens is 1. The number of rotatable bonds is 2. The number of pyridine rings is 1. The molecule has 2 saturated heterocycles. The molecule has 0 aromatic carbocycles. The number of likely N-dealkylation sites (N-methyl/N-ethyl adjacent to an activating group) is 1. The Kier molecular flexibility index (Phi) is 5.39. The van der Waals surface area contributed by atoms with Crippen LogP contribution in [0.4, 0.5) is 10.6 Å². The van der Waals surface area contributed by atoms with Gasteiger partial charge in [-0.05, 0) is 31.2 Å². The maximum absolute atomic E-state index is 13.1. The van der Waals surface area contributed by atoms with Gasteiger partial charge in [-0.1, -0.05) is 6.92 Å². The van der Waals surface area contributed by atoms with Crippen LogP contribution in [0.3, 0.4) is 0 Å². The van der Waals surface area contributed by atoms with Crippen LogP contribution >= 0.6 is 0 Å². The van der Waals surface area contributed by atoms with Gasteiger partial charge in [0.2, 0.25) is 0 Å². The fourth-order valence-corrected chi connectivity index (χ4v) is 4.89. The number of hydrogen-bond donors (Lipinski definition) is 3. The molecule has 0 saturated carbocycles. The summed E-state index contributed by atoms with van der Waals surface area (Å²) in [6.07, 6.45) is 6.42. The number of aromatic nitrogens is 4. The van der Waals surface area contributed by atoms with Crippen LogP contribution in [0.2, 0.25) is 0 Å². The van der Waals surface area contributed by atoms with E-state index in [1.165, 1.54) is 7.05 Å². The molecule has 3 aromatic rings. The van der Waals surface area contributed by atoms with Crippen molar-refractivity contribution in [1.82, 2.24) is 34.9 Å². The van der Waals surface area contributed by atoms with Crippen LogP contribution in [-0.4, -0.2) is 80.6 Å². The fraction of sp³-hybridized carbons (Fsp3) is 0.500. The number of carbonyl (C=O) groups excluding carboxylic acids is 3. The lowest BCUT2D eigenvalue weighted by Crippen LogP contribution is -2.49. The maximum atomic E-state index is 13.1. The molecule has 3 aromatic heterocycles. The van der Waals surface area contributed by atoms with Gasteiger partial charge >= 0.3 is 17.8 Å². The highest BCUT2D eigenvalue weighted by molar-refractivity contribution is 6.40. The first-order valence-corrected chi connectivity index (χ1v) is 11.4. The second-order valence-electron chi connectivity index (χ2n) is 8.84. The number of piperidine rings is 1. The van der Waals surface area contributed by atoms with Gasteiger partial charge in [0.15, 0.2) is 5.82 Å². The SMILES string of the molecule is CNC(=O)C(=O)Nc1nn([C@@H]2CN(C(=O)N3CCCC3)CC[C@@H]2C)c2c1cnc1[nH]ccc12. The second-order valence-corrected chi connectivity index (χ2v) is 8.84. The number of amides is 4. The van der Waals surface area contributed by atoms with Gasteiger partial charge in [0.05, 0.1) is 16.9 Å². The fourth-order valence-electron chi connectivity index (χ4n) is 4.89. The average Bonchev–Trinajstić information content (AvgIpc) is 3.58. The van der Waals surface area contributed by atoms with Crippen molar-refractivity contribution in [1.29, 1.82) is 0 Å². The molecule has 0 spiro atoms. The number of nitrogens with one attached hydrogen (secondary N) is 3. The van der Waals surface area contributed by atoms with Crippen LogP contribution in [0.1, 0.15) is 32.2 Å². The van der Waals surface area contributed by atoms with Crippen LogP contribution in [0, 0.1) is 5.92 Å². The highest BCUT2D eigenvalue weighted by atomic mass is 16.2. The minimum atomic E-state index is -0.791. The molecular weight excluding hydrogens is 424 g/mol. The molecule has 2 aliphatic heterocycles. The first-order chi connectivity index (χ1) is 16.0. The Balaban J connectivity index is 1.55. The van der Waals surface area contributed by atoms with Crippen molar-refractivity contribution in [3.63, 3.8) is 0 Å². The first kappa shape index (κ1) is 21.2. The molecule has 0 bridgehead atoms.